The van der Waals surface area contributed by atoms with Gasteiger partial charge in [0, 0.05) is 24.5 Å². The molecule has 0 unspecified atom stereocenters. The van der Waals surface area contributed by atoms with Crippen molar-refractivity contribution in [2.75, 3.05) is 19.7 Å². The topological polar surface area (TPSA) is 109 Å². The number of esters is 1. The summed E-state index contributed by atoms with van der Waals surface area (Å²) in [6.45, 7) is 8.91. The van der Waals surface area contributed by atoms with Crippen molar-refractivity contribution in [3.05, 3.63) is 47.8 Å². The number of aromatic nitrogens is 3. The first-order valence-corrected chi connectivity index (χ1v) is 10.9. The predicted molar refractivity (Wildman–Crippen MR) is 124 cm³/mol. The van der Waals surface area contributed by atoms with Gasteiger partial charge in [-0.15, -0.1) is 0 Å². The Kier molecular flexibility index (Phi) is 7.45. The smallest absolute Gasteiger partial charge is 0.325 e. The van der Waals surface area contributed by atoms with E-state index in [9.17, 15) is 9.59 Å². The highest BCUT2D eigenvalue weighted by Gasteiger charge is 2.17. The number of fused-ring (bicyclic) bond motifs is 1. The number of hydrogen-bond donors (Lipinski definition) is 3. The zero-order valence-corrected chi connectivity index (χ0v) is 19.1. The van der Waals surface area contributed by atoms with Crippen LogP contribution in [0.3, 0.4) is 0 Å². The molecular formula is C24H31N5O3. The van der Waals surface area contributed by atoms with Gasteiger partial charge in [-0.3, -0.25) is 9.78 Å². The third kappa shape index (κ3) is 5.84. The van der Waals surface area contributed by atoms with E-state index in [2.05, 4.69) is 70.6 Å². The Morgan fingerprint density at radius 1 is 1.06 bits per heavy atom. The fraction of sp³-hybridized carbons (Fsp3) is 0.417. The maximum atomic E-state index is 11.9. The summed E-state index contributed by atoms with van der Waals surface area (Å²) < 4.78 is 4.79. The summed E-state index contributed by atoms with van der Waals surface area (Å²) in [5, 5.41) is 5.26. The predicted octanol–water partition coefficient (Wildman–Crippen LogP) is 3.72. The van der Waals surface area contributed by atoms with Crippen LogP contribution < -0.4 is 10.6 Å². The molecule has 8 heteroatoms. The number of H-pyrrole nitrogens is 1. The SMILES string of the molecule is CCOC(=O)CNC(=O)NCCCc1c(-c2ccc(C(C)(C)C)cc2)[nH]c2nccnc12. The maximum Gasteiger partial charge on any atom is 0.325 e. The minimum atomic E-state index is -0.456. The fourth-order valence-electron chi connectivity index (χ4n) is 3.48. The minimum absolute atomic E-state index is 0.0877. The van der Waals surface area contributed by atoms with E-state index in [-0.39, 0.29) is 18.6 Å². The number of aromatic amines is 1. The molecule has 0 bridgehead atoms. The minimum Gasteiger partial charge on any atom is -0.465 e. The summed E-state index contributed by atoms with van der Waals surface area (Å²) in [6.07, 6.45) is 4.79. The van der Waals surface area contributed by atoms with Gasteiger partial charge in [-0.1, -0.05) is 45.0 Å². The molecule has 0 aliphatic carbocycles. The number of carbonyl (C=O) groups is 2. The van der Waals surface area contributed by atoms with E-state index in [0.717, 1.165) is 28.0 Å². The third-order valence-electron chi connectivity index (χ3n) is 5.16. The third-order valence-corrected chi connectivity index (χ3v) is 5.16. The normalized spacial score (nSPS) is 11.4. The molecule has 1 aromatic carbocycles. The summed E-state index contributed by atoms with van der Waals surface area (Å²) >= 11 is 0. The lowest BCUT2D eigenvalue weighted by atomic mass is 9.86. The average Bonchev–Trinajstić information content (AvgIpc) is 3.13. The molecule has 2 aromatic heterocycles. The van der Waals surface area contributed by atoms with E-state index in [1.807, 2.05) is 0 Å². The number of aryl methyl sites for hydroxylation is 1. The van der Waals surface area contributed by atoms with Crippen LogP contribution in [0.2, 0.25) is 0 Å². The van der Waals surface area contributed by atoms with E-state index in [1.165, 1.54) is 5.56 Å². The van der Waals surface area contributed by atoms with Crippen LogP contribution >= 0.6 is 0 Å². The Morgan fingerprint density at radius 2 is 1.78 bits per heavy atom. The first kappa shape index (κ1) is 23.2. The van der Waals surface area contributed by atoms with Gasteiger partial charge in [0.05, 0.1) is 12.3 Å². The molecule has 0 saturated heterocycles. The van der Waals surface area contributed by atoms with Gasteiger partial charge in [0.25, 0.3) is 0 Å². The van der Waals surface area contributed by atoms with Gasteiger partial charge in [0.15, 0.2) is 5.65 Å². The van der Waals surface area contributed by atoms with E-state index in [4.69, 9.17) is 4.74 Å². The standard InChI is InChI=1S/C24H31N5O3/c1-5-32-19(30)15-28-23(31)27-12-6-7-18-20(29-22-21(18)25-13-14-26-22)16-8-10-17(11-9-16)24(2,3)4/h8-11,13-14H,5-7,12,15H2,1-4H3,(H,26,29)(H2,27,28,31). The second-order valence-corrected chi connectivity index (χ2v) is 8.58. The lowest BCUT2D eigenvalue weighted by Crippen LogP contribution is -2.39. The first-order valence-electron chi connectivity index (χ1n) is 10.9. The first-order chi connectivity index (χ1) is 15.3. The van der Waals surface area contributed by atoms with E-state index in [1.54, 1.807) is 19.3 Å². The van der Waals surface area contributed by atoms with Crippen molar-refractivity contribution in [1.82, 2.24) is 25.6 Å². The molecule has 3 aromatic rings. The van der Waals surface area contributed by atoms with Crippen LogP contribution in [0, 0.1) is 0 Å². The van der Waals surface area contributed by atoms with Crippen molar-refractivity contribution in [2.45, 2.75) is 46.0 Å². The van der Waals surface area contributed by atoms with Crippen molar-refractivity contribution < 1.29 is 14.3 Å². The lowest BCUT2D eigenvalue weighted by Gasteiger charge is -2.19. The number of carbonyl (C=O) groups excluding carboxylic acids is 2. The van der Waals surface area contributed by atoms with Gasteiger partial charge in [-0.25, -0.2) is 9.78 Å². The van der Waals surface area contributed by atoms with Gasteiger partial charge in [-0.05, 0) is 36.3 Å². The summed E-state index contributed by atoms with van der Waals surface area (Å²) in [6, 6.07) is 8.16. The molecule has 8 nitrogen and oxygen atoms in total. The van der Waals surface area contributed by atoms with Gasteiger partial charge < -0.3 is 20.4 Å². The Hall–Kier alpha value is -3.42. The summed E-state index contributed by atoms with van der Waals surface area (Å²) in [5.41, 5.74) is 6.10. The number of ether oxygens (including phenoxy) is 1. The number of urea groups is 1. The monoisotopic (exact) mass is 437 g/mol. The number of hydrogen-bond acceptors (Lipinski definition) is 5. The van der Waals surface area contributed by atoms with Gasteiger partial charge in [0.1, 0.15) is 12.1 Å². The molecule has 2 amide bonds. The molecular weight excluding hydrogens is 406 g/mol. The van der Waals surface area contributed by atoms with Gasteiger partial charge in [-0.2, -0.15) is 0 Å². The Labute approximate surface area is 188 Å². The Balaban J connectivity index is 1.67. The number of amides is 2. The molecule has 3 rings (SSSR count). The molecule has 3 N–H and O–H groups in total. The van der Waals surface area contributed by atoms with Crippen LogP contribution in [0.4, 0.5) is 4.79 Å². The van der Waals surface area contributed by atoms with Crippen LogP contribution in [0.25, 0.3) is 22.4 Å². The zero-order valence-electron chi connectivity index (χ0n) is 19.1. The highest BCUT2D eigenvalue weighted by molar-refractivity contribution is 5.85. The number of nitrogens with zero attached hydrogens (tertiary/aromatic N) is 2. The quantitative estimate of drug-likeness (QED) is 0.368. The van der Waals surface area contributed by atoms with Gasteiger partial charge >= 0.3 is 12.0 Å². The molecule has 0 saturated carbocycles. The van der Waals surface area contributed by atoms with E-state index < -0.39 is 12.0 Å². The molecule has 2 heterocycles. The van der Waals surface area contributed by atoms with Gasteiger partial charge in [0.2, 0.25) is 0 Å². The molecule has 0 fully saturated rings. The molecule has 0 spiro atoms. The molecule has 0 atom stereocenters. The van der Waals surface area contributed by atoms with Crippen LogP contribution in [-0.4, -0.2) is 46.6 Å². The zero-order chi connectivity index (χ0) is 23.1. The van der Waals surface area contributed by atoms with Crippen molar-refractivity contribution in [3.8, 4) is 11.3 Å². The lowest BCUT2D eigenvalue weighted by molar-refractivity contribution is -0.141. The number of rotatable bonds is 8. The molecule has 0 aliphatic rings. The van der Waals surface area contributed by atoms with Crippen LogP contribution in [0.5, 0.6) is 0 Å². The van der Waals surface area contributed by atoms with Crippen molar-refractivity contribution >= 4 is 23.2 Å². The molecule has 0 radical (unpaired) electrons. The number of benzene rings is 1. The Bertz CT molecular complexity index is 1070. The number of nitrogens with one attached hydrogen (secondary N) is 3. The molecule has 32 heavy (non-hydrogen) atoms. The Morgan fingerprint density at radius 3 is 2.47 bits per heavy atom. The van der Waals surface area contributed by atoms with Crippen LogP contribution in [0.1, 0.15) is 45.2 Å². The highest BCUT2D eigenvalue weighted by atomic mass is 16.5. The second-order valence-electron chi connectivity index (χ2n) is 8.58. The summed E-state index contributed by atoms with van der Waals surface area (Å²) in [7, 11) is 0. The van der Waals surface area contributed by atoms with E-state index in [0.29, 0.717) is 19.4 Å². The van der Waals surface area contributed by atoms with Crippen molar-refractivity contribution in [2.24, 2.45) is 0 Å². The second kappa shape index (κ2) is 10.3. The highest BCUT2D eigenvalue weighted by Crippen LogP contribution is 2.31. The van der Waals surface area contributed by atoms with Crippen molar-refractivity contribution in [3.63, 3.8) is 0 Å². The average molecular weight is 438 g/mol. The van der Waals surface area contributed by atoms with E-state index >= 15 is 0 Å². The maximum absolute atomic E-state index is 11.9. The summed E-state index contributed by atoms with van der Waals surface area (Å²) in [4.78, 5) is 35.5. The molecule has 170 valence electrons. The van der Waals surface area contributed by atoms with Crippen molar-refractivity contribution in [1.29, 1.82) is 0 Å². The largest absolute Gasteiger partial charge is 0.465 e. The van der Waals surface area contributed by atoms with Crippen LogP contribution in [0.15, 0.2) is 36.7 Å². The summed E-state index contributed by atoms with van der Waals surface area (Å²) in [5.74, 6) is -0.456. The van der Waals surface area contributed by atoms with Crippen LogP contribution in [-0.2, 0) is 21.4 Å². The fourth-order valence-corrected chi connectivity index (χ4v) is 3.48. The molecule has 0 aliphatic heterocycles.